The van der Waals surface area contributed by atoms with Gasteiger partial charge in [0, 0.05) is 17.3 Å². The third kappa shape index (κ3) is 2.88. The second-order valence-corrected chi connectivity index (χ2v) is 6.49. The van der Waals surface area contributed by atoms with Gasteiger partial charge in [0.1, 0.15) is 5.82 Å². The number of aromatic nitrogens is 2. The summed E-state index contributed by atoms with van der Waals surface area (Å²) in [7, 11) is 0. The second kappa shape index (κ2) is 6.21. The third-order valence-corrected chi connectivity index (χ3v) is 5.00. The van der Waals surface area contributed by atoms with Crippen LogP contribution in [0, 0.1) is 12.8 Å². The van der Waals surface area contributed by atoms with E-state index >= 15 is 0 Å². The zero-order valence-electron chi connectivity index (χ0n) is 12.9. The van der Waals surface area contributed by atoms with Gasteiger partial charge in [-0.25, -0.2) is 9.97 Å². The van der Waals surface area contributed by atoms with Crippen LogP contribution in [0.15, 0.2) is 0 Å². The maximum Gasteiger partial charge on any atom is 0.131 e. The Bertz CT molecular complexity index is 464. The summed E-state index contributed by atoms with van der Waals surface area (Å²) in [6, 6.07) is 0. The van der Waals surface area contributed by atoms with E-state index in [-0.39, 0.29) is 0 Å². The fourth-order valence-corrected chi connectivity index (χ4v) is 3.77. The van der Waals surface area contributed by atoms with Crippen molar-refractivity contribution in [3.63, 3.8) is 0 Å². The van der Waals surface area contributed by atoms with Gasteiger partial charge >= 0.3 is 0 Å². The molecule has 0 aliphatic heterocycles. The number of hydrogen-bond donors (Lipinski definition) is 1. The Kier molecular flexibility index (Phi) is 4.35. The van der Waals surface area contributed by atoms with E-state index in [9.17, 15) is 0 Å². The van der Waals surface area contributed by atoms with Crippen molar-refractivity contribution >= 4 is 0 Å². The molecular weight excluding hydrogens is 246 g/mol. The summed E-state index contributed by atoms with van der Waals surface area (Å²) < 4.78 is 0. The van der Waals surface area contributed by atoms with Crippen LogP contribution in [0.1, 0.15) is 67.7 Å². The predicted octanol–water partition coefficient (Wildman–Crippen LogP) is 3.16. The molecule has 20 heavy (non-hydrogen) atoms. The lowest BCUT2D eigenvalue weighted by atomic mass is 9.85. The first-order valence-electron chi connectivity index (χ1n) is 8.35. The van der Waals surface area contributed by atoms with Gasteiger partial charge in [-0.2, -0.15) is 0 Å². The van der Waals surface area contributed by atoms with E-state index in [1.807, 2.05) is 0 Å². The van der Waals surface area contributed by atoms with Gasteiger partial charge in [0.2, 0.25) is 0 Å². The van der Waals surface area contributed by atoms with Crippen LogP contribution in [0.2, 0.25) is 0 Å². The molecule has 1 aromatic rings. The third-order valence-electron chi connectivity index (χ3n) is 5.00. The molecule has 0 bridgehead atoms. The molecule has 0 saturated heterocycles. The van der Waals surface area contributed by atoms with Crippen molar-refractivity contribution in [1.29, 1.82) is 0 Å². The van der Waals surface area contributed by atoms with Crippen LogP contribution < -0.4 is 5.32 Å². The SMILES string of the molecule is CCNCC1CCc2nc(C3CCCC3)nc(C)c2C1. The van der Waals surface area contributed by atoms with Crippen molar-refractivity contribution in [3.8, 4) is 0 Å². The van der Waals surface area contributed by atoms with Crippen LogP contribution in [-0.2, 0) is 12.8 Å². The minimum absolute atomic E-state index is 0.637. The van der Waals surface area contributed by atoms with Crippen molar-refractivity contribution in [2.75, 3.05) is 13.1 Å². The highest BCUT2D eigenvalue weighted by molar-refractivity contribution is 5.29. The highest BCUT2D eigenvalue weighted by atomic mass is 14.9. The van der Waals surface area contributed by atoms with Crippen molar-refractivity contribution in [3.05, 3.63) is 22.8 Å². The highest BCUT2D eigenvalue weighted by Crippen LogP contribution is 2.34. The molecule has 110 valence electrons. The molecule has 3 heteroatoms. The quantitative estimate of drug-likeness (QED) is 0.915. The zero-order valence-corrected chi connectivity index (χ0v) is 12.9. The molecule has 1 fully saturated rings. The Hall–Kier alpha value is -0.960. The molecular formula is C17H27N3. The van der Waals surface area contributed by atoms with Crippen LogP contribution in [-0.4, -0.2) is 23.1 Å². The molecule has 0 amide bonds. The van der Waals surface area contributed by atoms with Crippen molar-refractivity contribution < 1.29 is 0 Å². The fraction of sp³-hybridized carbons (Fsp3) is 0.765. The van der Waals surface area contributed by atoms with E-state index in [1.165, 1.54) is 55.5 Å². The number of nitrogens with one attached hydrogen (secondary N) is 1. The molecule has 1 atom stereocenters. The van der Waals surface area contributed by atoms with Gasteiger partial charge in [0.05, 0.1) is 0 Å². The van der Waals surface area contributed by atoms with Crippen LogP contribution in [0.25, 0.3) is 0 Å². The molecule has 3 rings (SSSR count). The minimum atomic E-state index is 0.637. The van der Waals surface area contributed by atoms with Crippen LogP contribution >= 0.6 is 0 Å². The monoisotopic (exact) mass is 273 g/mol. The zero-order chi connectivity index (χ0) is 13.9. The maximum atomic E-state index is 4.94. The summed E-state index contributed by atoms with van der Waals surface area (Å²) in [6.45, 7) is 6.58. The molecule has 0 radical (unpaired) electrons. The Labute approximate surface area is 122 Å². The number of hydrogen-bond acceptors (Lipinski definition) is 3. The number of fused-ring (bicyclic) bond motifs is 1. The first-order chi connectivity index (χ1) is 9.78. The van der Waals surface area contributed by atoms with Gasteiger partial charge in [0.15, 0.2) is 0 Å². The molecule has 2 aliphatic carbocycles. The number of rotatable bonds is 4. The predicted molar refractivity (Wildman–Crippen MR) is 82.0 cm³/mol. The Morgan fingerprint density at radius 1 is 1.15 bits per heavy atom. The molecule has 3 nitrogen and oxygen atoms in total. The lowest BCUT2D eigenvalue weighted by molar-refractivity contribution is 0.421. The average Bonchev–Trinajstić information content (AvgIpc) is 2.99. The molecule has 1 heterocycles. The summed E-state index contributed by atoms with van der Waals surface area (Å²) in [6.07, 6.45) is 8.89. The maximum absolute atomic E-state index is 4.94. The van der Waals surface area contributed by atoms with Crippen LogP contribution in [0.4, 0.5) is 0 Å². The van der Waals surface area contributed by atoms with Gasteiger partial charge in [-0.1, -0.05) is 19.8 Å². The van der Waals surface area contributed by atoms with E-state index in [2.05, 4.69) is 19.2 Å². The number of aryl methyl sites for hydroxylation is 2. The molecule has 1 N–H and O–H groups in total. The van der Waals surface area contributed by atoms with E-state index in [0.717, 1.165) is 31.3 Å². The van der Waals surface area contributed by atoms with Crippen LogP contribution in [0.5, 0.6) is 0 Å². The van der Waals surface area contributed by atoms with Gasteiger partial charge < -0.3 is 5.32 Å². The van der Waals surface area contributed by atoms with Crippen molar-refractivity contribution in [2.24, 2.45) is 5.92 Å². The number of nitrogens with zero attached hydrogens (tertiary/aromatic N) is 2. The molecule has 1 saturated carbocycles. The molecule has 1 aromatic heterocycles. The van der Waals surface area contributed by atoms with E-state index in [0.29, 0.717) is 5.92 Å². The molecule has 1 unspecified atom stereocenters. The average molecular weight is 273 g/mol. The normalized spacial score (nSPS) is 23.0. The molecule has 0 spiro atoms. The van der Waals surface area contributed by atoms with E-state index in [4.69, 9.17) is 9.97 Å². The highest BCUT2D eigenvalue weighted by Gasteiger charge is 2.25. The topological polar surface area (TPSA) is 37.8 Å². The van der Waals surface area contributed by atoms with Gasteiger partial charge in [-0.05, 0) is 63.6 Å². The Balaban J connectivity index is 1.78. The van der Waals surface area contributed by atoms with Crippen LogP contribution in [0.3, 0.4) is 0 Å². The summed E-state index contributed by atoms with van der Waals surface area (Å²) >= 11 is 0. The first-order valence-corrected chi connectivity index (χ1v) is 8.35. The lowest BCUT2D eigenvalue weighted by Crippen LogP contribution is -2.28. The summed E-state index contributed by atoms with van der Waals surface area (Å²) in [5, 5.41) is 3.48. The Morgan fingerprint density at radius 3 is 2.70 bits per heavy atom. The Morgan fingerprint density at radius 2 is 1.95 bits per heavy atom. The van der Waals surface area contributed by atoms with Gasteiger partial charge in [-0.3, -0.25) is 0 Å². The van der Waals surface area contributed by atoms with Gasteiger partial charge in [0.25, 0.3) is 0 Å². The first kappa shape index (κ1) is 14.0. The van der Waals surface area contributed by atoms with Gasteiger partial charge in [-0.15, -0.1) is 0 Å². The summed E-state index contributed by atoms with van der Waals surface area (Å²) in [5.74, 6) is 2.55. The molecule has 2 aliphatic rings. The second-order valence-electron chi connectivity index (χ2n) is 6.49. The van der Waals surface area contributed by atoms with E-state index < -0.39 is 0 Å². The minimum Gasteiger partial charge on any atom is -0.317 e. The van der Waals surface area contributed by atoms with Crippen molar-refractivity contribution in [1.82, 2.24) is 15.3 Å². The lowest BCUT2D eigenvalue weighted by Gasteiger charge is -2.26. The molecule has 0 aromatic carbocycles. The summed E-state index contributed by atoms with van der Waals surface area (Å²) in [5.41, 5.74) is 4.05. The van der Waals surface area contributed by atoms with Crippen molar-refractivity contribution in [2.45, 2.75) is 64.7 Å². The fourth-order valence-electron chi connectivity index (χ4n) is 3.77. The standard InChI is InChI=1S/C17H27N3/c1-3-18-11-13-8-9-16-15(10-13)12(2)19-17(20-16)14-6-4-5-7-14/h13-14,18H,3-11H2,1-2H3. The smallest absolute Gasteiger partial charge is 0.131 e. The summed E-state index contributed by atoms with van der Waals surface area (Å²) in [4.78, 5) is 9.79. The largest absolute Gasteiger partial charge is 0.317 e. The van der Waals surface area contributed by atoms with E-state index in [1.54, 1.807) is 0 Å².